The summed E-state index contributed by atoms with van der Waals surface area (Å²) in [6.45, 7) is 4.00. The van der Waals surface area contributed by atoms with Crippen molar-refractivity contribution in [3.8, 4) is 0 Å². The maximum atomic E-state index is 12.8. The van der Waals surface area contributed by atoms with Crippen LogP contribution in [-0.2, 0) is 6.54 Å². The Kier molecular flexibility index (Phi) is 5.51. The number of nitrogens with one attached hydrogen (secondary N) is 1. The second-order valence-corrected chi connectivity index (χ2v) is 5.27. The Morgan fingerprint density at radius 2 is 2.10 bits per heavy atom. The number of hydrogen-bond donors (Lipinski definition) is 1. The minimum Gasteiger partial charge on any atom is -0.348 e. The highest BCUT2D eigenvalue weighted by Crippen LogP contribution is 2.19. The first-order chi connectivity index (χ1) is 10.2. The highest BCUT2D eigenvalue weighted by molar-refractivity contribution is 7.99. The highest BCUT2D eigenvalue weighted by atomic mass is 32.2. The number of hydrogen-bond acceptors (Lipinski definition) is 3. The summed E-state index contributed by atoms with van der Waals surface area (Å²) in [5, 5.41) is 3.49. The Morgan fingerprint density at radius 3 is 2.81 bits per heavy atom. The molecule has 1 aromatic heterocycles. The molecule has 0 saturated carbocycles. The van der Waals surface area contributed by atoms with Crippen molar-refractivity contribution in [1.82, 2.24) is 10.3 Å². The van der Waals surface area contributed by atoms with Gasteiger partial charge >= 0.3 is 0 Å². The Bertz CT molecular complexity index is 628. The molecule has 0 unspecified atom stereocenters. The van der Waals surface area contributed by atoms with E-state index in [1.54, 1.807) is 36.5 Å². The minimum atomic E-state index is -0.291. The number of carbonyl (C=O) groups is 1. The Morgan fingerprint density at radius 1 is 1.33 bits per heavy atom. The predicted molar refractivity (Wildman–Crippen MR) is 82.7 cm³/mol. The summed E-state index contributed by atoms with van der Waals surface area (Å²) >= 11 is 1.46. The molecule has 108 valence electrons. The van der Waals surface area contributed by atoms with Crippen LogP contribution in [0.3, 0.4) is 0 Å². The second kappa shape index (κ2) is 7.59. The fourth-order valence-corrected chi connectivity index (χ4v) is 2.42. The van der Waals surface area contributed by atoms with Crippen molar-refractivity contribution >= 4 is 17.7 Å². The van der Waals surface area contributed by atoms with E-state index in [0.717, 1.165) is 5.56 Å². The average molecular weight is 302 g/mol. The van der Waals surface area contributed by atoms with Gasteiger partial charge in [-0.2, -0.15) is 0 Å². The van der Waals surface area contributed by atoms with Gasteiger partial charge in [0.1, 0.15) is 10.8 Å². The van der Waals surface area contributed by atoms with Crippen molar-refractivity contribution in [2.75, 3.05) is 5.75 Å². The average Bonchev–Trinajstić information content (AvgIpc) is 2.52. The van der Waals surface area contributed by atoms with E-state index in [4.69, 9.17) is 0 Å². The lowest BCUT2D eigenvalue weighted by Crippen LogP contribution is -2.23. The molecule has 0 radical (unpaired) electrons. The van der Waals surface area contributed by atoms with Gasteiger partial charge in [-0.15, -0.1) is 18.3 Å². The van der Waals surface area contributed by atoms with E-state index in [-0.39, 0.29) is 11.7 Å². The molecule has 0 fully saturated rings. The number of thioether (sulfide) groups is 1. The molecule has 0 aliphatic carbocycles. The molecule has 0 saturated heterocycles. The molecule has 1 heterocycles. The van der Waals surface area contributed by atoms with E-state index in [9.17, 15) is 9.18 Å². The number of aromatic nitrogens is 1. The van der Waals surface area contributed by atoms with E-state index >= 15 is 0 Å². The number of benzene rings is 1. The lowest BCUT2D eigenvalue weighted by molar-refractivity contribution is 0.0947. The Labute approximate surface area is 127 Å². The number of pyridine rings is 1. The Balaban J connectivity index is 2.02. The summed E-state index contributed by atoms with van der Waals surface area (Å²) in [6, 6.07) is 9.50. The molecule has 0 aliphatic rings. The van der Waals surface area contributed by atoms with Gasteiger partial charge in [-0.05, 0) is 29.8 Å². The normalized spacial score (nSPS) is 10.1. The number of amides is 1. The SMILES string of the molecule is C=CCSc1ncccc1C(=O)NCc1ccc(F)cc1. The molecule has 0 aliphatic heterocycles. The first-order valence-corrected chi connectivity index (χ1v) is 7.40. The van der Waals surface area contributed by atoms with Crippen molar-refractivity contribution in [2.45, 2.75) is 11.6 Å². The molecule has 1 amide bonds. The molecular formula is C16H15FN2OS. The van der Waals surface area contributed by atoms with Gasteiger partial charge in [-0.25, -0.2) is 9.37 Å². The molecule has 2 rings (SSSR count). The second-order valence-electron chi connectivity index (χ2n) is 4.26. The van der Waals surface area contributed by atoms with E-state index in [0.29, 0.717) is 22.9 Å². The van der Waals surface area contributed by atoms with Crippen LogP contribution >= 0.6 is 11.8 Å². The fraction of sp³-hybridized carbons (Fsp3) is 0.125. The number of carbonyl (C=O) groups excluding carboxylic acids is 1. The monoisotopic (exact) mass is 302 g/mol. The van der Waals surface area contributed by atoms with Gasteiger partial charge in [0.05, 0.1) is 5.56 Å². The molecule has 0 bridgehead atoms. The van der Waals surface area contributed by atoms with Crippen LogP contribution in [0.4, 0.5) is 4.39 Å². The van der Waals surface area contributed by atoms with Gasteiger partial charge in [0.25, 0.3) is 5.91 Å². The molecule has 1 N–H and O–H groups in total. The van der Waals surface area contributed by atoms with Crippen LogP contribution in [-0.4, -0.2) is 16.6 Å². The maximum Gasteiger partial charge on any atom is 0.254 e. The zero-order chi connectivity index (χ0) is 15.1. The van der Waals surface area contributed by atoms with E-state index < -0.39 is 0 Å². The third-order valence-electron chi connectivity index (χ3n) is 2.72. The van der Waals surface area contributed by atoms with Crippen LogP contribution in [0.1, 0.15) is 15.9 Å². The van der Waals surface area contributed by atoms with Crippen LogP contribution in [0.25, 0.3) is 0 Å². The molecule has 2 aromatic rings. The third kappa shape index (κ3) is 4.43. The molecule has 21 heavy (non-hydrogen) atoms. The van der Waals surface area contributed by atoms with E-state index in [1.807, 2.05) is 0 Å². The van der Waals surface area contributed by atoms with Crippen LogP contribution in [0.2, 0.25) is 0 Å². The van der Waals surface area contributed by atoms with Crippen LogP contribution in [0.15, 0.2) is 60.3 Å². The van der Waals surface area contributed by atoms with Crippen molar-refractivity contribution in [3.63, 3.8) is 0 Å². The largest absolute Gasteiger partial charge is 0.348 e. The van der Waals surface area contributed by atoms with Gasteiger partial charge in [0, 0.05) is 18.5 Å². The number of nitrogens with zero attached hydrogens (tertiary/aromatic N) is 1. The molecule has 1 aromatic carbocycles. The quantitative estimate of drug-likeness (QED) is 0.656. The van der Waals surface area contributed by atoms with Crippen LogP contribution < -0.4 is 5.32 Å². The van der Waals surface area contributed by atoms with Crippen molar-refractivity contribution in [2.24, 2.45) is 0 Å². The Hall–Kier alpha value is -2.14. The first kappa shape index (κ1) is 15.3. The van der Waals surface area contributed by atoms with Crippen molar-refractivity contribution in [3.05, 3.63) is 72.2 Å². The number of rotatable bonds is 6. The minimum absolute atomic E-state index is 0.195. The zero-order valence-corrected chi connectivity index (χ0v) is 12.2. The van der Waals surface area contributed by atoms with E-state index in [2.05, 4.69) is 16.9 Å². The zero-order valence-electron chi connectivity index (χ0n) is 11.4. The summed E-state index contributed by atoms with van der Waals surface area (Å²) in [7, 11) is 0. The van der Waals surface area contributed by atoms with Gasteiger partial charge in [0.2, 0.25) is 0 Å². The third-order valence-corrected chi connectivity index (χ3v) is 3.72. The summed E-state index contributed by atoms with van der Waals surface area (Å²) in [4.78, 5) is 16.4. The molecule has 0 atom stereocenters. The molecule has 5 heteroatoms. The summed E-state index contributed by atoms with van der Waals surface area (Å²) < 4.78 is 12.8. The predicted octanol–water partition coefficient (Wildman–Crippen LogP) is 3.43. The topological polar surface area (TPSA) is 42.0 Å². The van der Waals surface area contributed by atoms with Gasteiger partial charge in [-0.3, -0.25) is 4.79 Å². The summed E-state index contributed by atoms with van der Waals surface area (Å²) in [6.07, 6.45) is 3.42. The fourth-order valence-electron chi connectivity index (χ4n) is 1.70. The van der Waals surface area contributed by atoms with Gasteiger partial charge < -0.3 is 5.32 Å². The number of halogens is 1. The summed E-state index contributed by atoms with van der Waals surface area (Å²) in [5.74, 6) is 0.203. The smallest absolute Gasteiger partial charge is 0.254 e. The lowest BCUT2D eigenvalue weighted by Gasteiger charge is -2.08. The summed E-state index contributed by atoms with van der Waals surface area (Å²) in [5.41, 5.74) is 1.38. The van der Waals surface area contributed by atoms with Crippen LogP contribution in [0, 0.1) is 5.82 Å². The van der Waals surface area contributed by atoms with Gasteiger partial charge in [0.15, 0.2) is 0 Å². The highest BCUT2D eigenvalue weighted by Gasteiger charge is 2.11. The van der Waals surface area contributed by atoms with Gasteiger partial charge in [-0.1, -0.05) is 18.2 Å². The van der Waals surface area contributed by atoms with Crippen molar-refractivity contribution < 1.29 is 9.18 Å². The standard InChI is InChI=1S/C16H15FN2OS/c1-2-10-21-16-14(4-3-9-18-16)15(20)19-11-12-5-7-13(17)8-6-12/h2-9H,1,10-11H2,(H,19,20). The molecule has 0 spiro atoms. The first-order valence-electron chi connectivity index (χ1n) is 6.42. The maximum absolute atomic E-state index is 12.8. The van der Waals surface area contributed by atoms with Crippen molar-refractivity contribution in [1.29, 1.82) is 0 Å². The lowest BCUT2D eigenvalue weighted by atomic mass is 10.2. The molecular weight excluding hydrogens is 287 g/mol. The van der Waals surface area contributed by atoms with E-state index in [1.165, 1.54) is 23.9 Å². The molecule has 3 nitrogen and oxygen atoms in total. The van der Waals surface area contributed by atoms with Crippen LogP contribution in [0.5, 0.6) is 0 Å².